The van der Waals surface area contributed by atoms with E-state index < -0.39 is 12.0 Å². The molecule has 3 heterocycles. The van der Waals surface area contributed by atoms with Crippen molar-refractivity contribution in [2.75, 3.05) is 13.8 Å². The number of imidazole rings is 1. The molecule has 8 heteroatoms. The van der Waals surface area contributed by atoms with Crippen molar-refractivity contribution in [2.45, 2.75) is 31.8 Å². The molecule has 2 aliphatic heterocycles. The van der Waals surface area contributed by atoms with Crippen molar-refractivity contribution < 1.29 is 19.1 Å². The Hall–Kier alpha value is -4.33. The summed E-state index contributed by atoms with van der Waals surface area (Å²) in [5.41, 5.74) is 3.82. The Morgan fingerprint density at radius 3 is 2.62 bits per heavy atom. The van der Waals surface area contributed by atoms with Gasteiger partial charge in [0.1, 0.15) is 5.82 Å². The molecule has 188 valence electrons. The lowest BCUT2D eigenvalue weighted by Crippen LogP contribution is -2.46. The van der Waals surface area contributed by atoms with Crippen LogP contribution >= 0.6 is 0 Å². The predicted molar refractivity (Wildman–Crippen MR) is 138 cm³/mol. The largest absolute Gasteiger partial charge is 0.454 e. The van der Waals surface area contributed by atoms with Gasteiger partial charge < -0.3 is 24.7 Å². The van der Waals surface area contributed by atoms with E-state index in [2.05, 4.69) is 24.1 Å². The summed E-state index contributed by atoms with van der Waals surface area (Å²) in [5.74, 6) is 1.11. The first-order chi connectivity index (χ1) is 17.9. The van der Waals surface area contributed by atoms with Gasteiger partial charge in [-0.2, -0.15) is 0 Å². The number of likely N-dealkylation sites (N-methyl/N-ethyl adjacent to an activating group) is 1. The van der Waals surface area contributed by atoms with E-state index in [9.17, 15) is 9.59 Å². The lowest BCUT2D eigenvalue weighted by atomic mass is 9.79. The van der Waals surface area contributed by atoms with Crippen molar-refractivity contribution in [1.82, 2.24) is 20.2 Å². The lowest BCUT2D eigenvalue weighted by molar-refractivity contribution is -0.125. The summed E-state index contributed by atoms with van der Waals surface area (Å²) < 4.78 is 11.1. The molecule has 1 aromatic heterocycles. The first-order valence-corrected chi connectivity index (χ1v) is 12.4. The number of H-pyrrole nitrogens is 1. The molecule has 37 heavy (non-hydrogen) atoms. The topological polar surface area (TPSA) is 96.6 Å². The molecule has 0 saturated heterocycles. The maximum Gasteiger partial charge on any atom is 0.254 e. The molecule has 3 aromatic carbocycles. The Morgan fingerprint density at radius 1 is 1.05 bits per heavy atom. The minimum absolute atomic E-state index is 0.0756. The molecule has 0 bridgehead atoms. The molecule has 0 radical (unpaired) electrons. The average molecular weight is 497 g/mol. The highest BCUT2D eigenvalue weighted by atomic mass is 16.7. The van der Waals surface area contributed by atoms with E-state index in [0.717, 1.165) is 16.6 Å². The summed E-state index contributed by atoms with van der Waals surface area (Å²) in [4.78, 5) is 37.3. The number of carbonyl (C=O) groups excluding carboxylic acids is 2. The zero-order valence-electron chi connectivity index (χ0n) is 20.9. The minimum Gasteiger partial charge on any atom is -0.454 e. The first kappa shape index (κ1) is 23.1. The summed E-state index contributed by atoms with van der Waals surface area (Å²) in [5, 5.41) is 3.27. The van der Waals surface area contributed by atoms with Crippen LogP contribution in [0.1, 0.15) is 59.2 Å². The molecule has 4 aromatic rings. The zero-order valence-corrected chi connectivity index (χ0v) is 20.9. The van der Waals surface area contributed by atoms with E-state index in [4.69, 9.17) is 14.5 Å². The predicted octanol–water partition coefficient (Wildman–Crippen LogP) is 4.72. The number of rotatable bonds is 5. The number of ether oxygens (including phenoxy) is 2. The molecule has 8 nitrogen and oxygen atoms in total. The molecule has 0 fully saturated rings. The standard InChI is InChI=1S/C29H28N4O4/c1-16(2)25(27-30-20-10-6-7-11-21(20)31-27)32-28(34)24-18-8-4-5-9-19(18)29(35)33(3)26(24)17-12-13-22-23(14-17)37-15-36-22/h4-14,16,24-26H,15H2,1-3H3,(H,30,31)(H,32,34)/t24-,25-,26-/m0/s1. The quantitative estimate of drug-likeness (QED) is 0.417. The lowest BCUT2D eigenvalue weighted by Gasteiger charge is -2.40. The van der Waals surface area contributed by atoms with Gasteiger partial charge in [0.15, 0.2) is 11.5 Å². The van der Waals surface area contributed by atoms with Crippen LogP contribution < -0.4 is 14.8 Å². The van der Waals surface area contributed by atoms with Gasteiger partial charge in [-0.1, -0.05) is 50.2 Å². The van der Waals surface area contributed by atoms with E-state index in [0.29, 0.717) is 28.5 Å². The van der Waals surface area contributed by atoms with E-state index in [1.807, 2.05) is 60.7 Å². The van der Waals surface area contributed by atoms with Crippen LogP contribution in [0.25, 0.3) is 11.0 Å². The van der Waals surface area contributed by atoms with Crippen LogP contribution in [0.4, 0.5) is 0 Å². The Balaban J connectivity index is 1.42. The van der Waals surface area contributed by atoms with E-state index in [-0.39, 0.29) is 30.6 Å². The number of hydrogen-bond donors (Lipinski definition) is 2. The molecule has 0 saturated carbocycles. The van der Waals surface area contributed by atoms with Gasteiger partial charge in [-0.25, -0.2) is 4.98 Å². The Morgan fingerprint density at radius 2 is 1.81 bits per heavy atom. The molecule has 0 aliphatic carbocycles. The number of benzene rings is 3. The molecule has 0 unspecified atom stereocenters. The summed E-state index contributed by atoms with van der Waals surface area (Å²) in [6.45, 7) is 4.26. The molecule has 2 amide bonds. The second-order valence-electron chi connectivity index (χ2n) is 9.91. The maximum atomic E-state index is 14.2. The van der Waals surface area contributed by atoms with Crippen molar-refractivity contribution in [2.24, 2.45) is 5.92 Å². The number of hydrogen-bond acceptors (Lipinski definition) is 5. The number of para-hydroxylation sites is 2. The van der Waals surface area contributed by atoms with Gasteiger partial charge in [0, 0.05) is 12.6 Å². The Bertz CT molecular complexity index is 1480. The van der Waals surface area contributed by atoms with Crippen molar-refractivity contribution in [3.63, 3.8) is 0 Å². The highest BCUT2D eigenvalue weighted by molar-refractivity contribution is 6.01. The Labute approximate surface area is 214 Å². The zero-order chi connectivity index (χ0) is 25.7. The van der Waals surface area contributed by atoms with Crippen LogP contribution in [0.15, 0.2) is 66.7 Å². The van der Waals surface area contributed by atoms with Crippen LogP contribution in [-0.2, 0) is 4.79 Å². The smallest absolute Gasteiger partial charge is 0.254 e. The van der Waals surface area contributed by atoms with Gasteiger partial charge in [0.05, 0.1) is 29.0 Å². The fourth-order valence-corrected chi connectivity index (χ4v) is 5.38. The number of carbonyl (C=O) groups is 2. The molecule has 6 rings (SSSR count). The maximum absolute atomic E-state index is 14.2. The van der Waals surface area contributed by atoms with E-state index in [1.54, 1.807) is 18.0 Å². The third-order valence-corrected chi connectivity index (χ3v) is 7.27. The summed E-state index contributed by atoms with van der Waals surface area (Å²) >= 11 is 0. The van der Waals surface area contributed by atoms with Crippen molar-refractivity contribution >= 4 is 22.8 Å². The summed E-state index contributed by atoms with van der Waals surface area (Å²) in [7, 11) is 1.74. The van der Waals surface area contributed by atoms with Gasteiger partial charge in [0.25, 0.3) is 5.91 Å². The average Bonchev–Trinajstić information content (AvgIpc) is 3.55. The molecule has 3 atom stereocenters. The van der Waals surface area contributed by atoms with Gasteiger partial charge in [-0.15, -0.1) is 0 Å². The second kappa shape index (κ2) is 8.96. The van der Waals surface area contributed by atoms with Crippen LogP contribution in [0.5, 0.6) is 11.5 Å². The molecule has 0 spiro atoms. The monoisotopic (exact) mass is 496 g/mol. The van der Waals surface area contributed by atoms with Gasteiger partial charge in [-0.3, -0.25) is 9.59 Å². The summed E-state index contributed by atoms with van der Waals surface area (Å²) in [6.07, 6.45) is 0. The minimum atomic E-state index is -0.634. The first-order valence-electron chi connectivity index (χ1n) is 12.4. The number of aromatic nitrogens is 2. The Kier molecular flexibility index (Phi) is 5.59. The number of nitrogens with zero attached hydrogens (tertiary/aromatic N) is 2. The third kappa shape index (κ3) is 3.89. The molecule has 2 aliphatic rings. The third-order valence-electron chi connectivity index (χ3n) is 7.27. The number of fused-ring (bicyclic) bond motifs is 3. The van der Waals surface area contributed by atoms with Crippen LogP contribution in [-0.4, -0.2) is 40.5 Å². The number of nitrogens with one attached hydrogen (secondary N) is 2. The van der Waals surface area contributed by atoms with Crippen molar-refractivity contribution in [3.05, 3.63) is 89.2 Å². The van der Waals surface area contributed by atoms with Crippen molar-refractivity contribution in [3.8, 4) is 11.5 Å². The SMILES string of the molecule is CC(C)[C@H](NC(=O)[C@H]1c2ccccc2C(=O)N(C)[C@H]1c1ccc2c(c1)OCO2)c1nc2ccccc2[nH]1. The summed E-state index contributed by atoms with van der Waals surface area (Å²) in [6, 6.07) is 19.9. The van der Waals surface area contributed by atoms with E-state index >= 15 is 0 Å². The van der Waals surface area contributed by atoms with E-state index in [1.165, 1.54) is 0 Å². The highest BCUT2D eigenvalue weighted by Crippen LogP contribution is 2.45. The fourth-order valence-electron chi connectivity index (χ4n) is 5.38. The van der Waals surface area contributed by atoms with Crippen LogP contribution in [0, 0.1) is 5.92 Å². The van der Waals surface area contributed by atoms with Crippen LogP contribution in [0.3, 0.4) is 0 Å². The molecular formula is C29H28N4O4. The molecular weight excluding hydrogens is 468 g/mol. The van der Waals surface area contributed by atoms with Gasteiger partial charge in [0.2, 0.25) is 12.7 Å². The highest BCUT2D eigenvalue weighted by Gasteiger charge is 2.43. The number of amides is 2. The number of aromatic amines is 1. The molecule has 2 N–H and O–H groups in total. The normalized spacial score (nSPS) is 19.2. The van der Waals surface area contributed by atoms with Gasteiger partial charge in [-0.05, 0) is 47.4 Å². The fraction of sp³-hybridized carbons (Fsp3) is 0.276. The second-order valence-corrected chi connectivity index (χ2v) is 9.91. The van der Waals surface area contributed by atoms with Crippen molar-refractivity contribution in [1.29, 1.82) is 0 Å². The van der Waals surface area contributed by atoms with Gasteiger partial charge >= 0.3 is 0 Å². The van der Waals surface area contributed by atoms with Crippen LogP contribution in [0.2, 0.25) is 0 Å².